The summed E-state index contributed by atoms with van der Waals surface area (Å²) < 4.78 is 24.0. The minimum Gasteiger partial charge on any atom is -0.352 e. The molecule has 0 bridgehead atoms. The zero-order chi connectivity index (χ0) is 9.14. The lowest BCUT2D eigenvalue weighted by molar-refractivity contribution is 0.130. The minimum absolute atomic E-state index is 0.445. The predicted molar refractivity (Wildman–Crippen MR) is 43.7 cm³/mol. The van der Waals surface area contributed by atoms with Gasteiger partial charge in [0, 0.05) is 0 Å². The van der Waals surface area contributed by atoms with Gasteiger partial charge in [0.15, 0.2) is 0 Å². The van der Waals surface area contributed by atoms with Gasteiger partial charge < -0.3 is 5.32 Å². The summed E-state index contributed by atoms with van der Waals surface area (Å²) in [5, 5.41) is 11.1. The highest BCUT2D eigenvalue weighted by Gasteiger charge is 2.15. The molecule has 0 amide bonds. The second-order valence-corrected chi connectivity index (χ2v) is 3.58. The Morgan fingerprint density at radius 3 is 2.50 bits per heavy atom. The van der Waals surface area contributed by atoms with Crippen molar-refractivity contribution in [1.29, 1.82) is 0 Å². The average Bonchev–Trinajstić information content (AvgIpc) is 2.35. The molecule has 0 fully saturated rings. The molecule has 0 saturated heterocycles. The van der Waals surface area contributed by atoms with Crippen molar-refractivity contribution in [1.82, 2.24) is 10.2 Å². The van der Waals surface area contributed by atoms with Gasteiger partial charge in [-0.2, -0.15) is 0 Å². The minimum atomic E-state index is -2.38. The molecule has 1 heterocycles. The van der Waals surface area contributed by atoms with Crippen molar-refractivity contribution in [3.8, 4) is 0 Å². The zero-order valence-electron chi connectivity index (χ0n) is 6.71. The number of anilines is 1. The first-order chi connectivity index (χ1) is 5.59. The maximum atomic E-state index is 12.0. The molecule has 0 saturated carbocycles. The molecular weight excluding hydrogens is 184 g/mol. The molecule has 0 aromatic carbocycles. The Balaban J connectivity index is 2.52. The third-order valence-electron chi connectivity index (χ3n) is 1.26. The zero-order valence-corrected chi connectivity index (χ0v) is 7.53. The molecule has 0 aliphatic heterocycles. The van der Waals surface area contributed by atoms with Crippen LogP contribution in [0.2, 0.25) is 0 Å². The summed E-state index contributed by atoms with van der Waals surface area (Å²) in [4.78, 5) is 0. The lowest BCUT2D eigenvalue weighted by Crippen LogP contribution is -2.23. The molecule has 0 spiro atoms. The molecule has 1 atom stereocenters. The van der Waals surface area contributed by atoms with Crippen molar-refractivity contribution < 1.29 is 8.78 Å². The van der Waals surface area contributed by atoms with Gasteiger partial charge in [-0.25, -0.2) is 8.78 Å². The van der Waals surface area contributed by atoms with Crippen molar-refractivity contribution in [2.75, 3.05) is 5.32 Å². The van der Waals surface area contributed by atoms with Gasteiger partial charge in [-0.05, 0) is 13.8 Å². The van der Waals surface area contributed by atoms with Crippen LogP contribution in [0.4, 0.5) is 13.9 Å². The number of halogens is 2. The van der Waals surface area contributed by atoms with E-state index in [9.17, 15) is 8.78 Å². The number of alkyl halides is 2. The van der Waals surface area contributed by atoms with E-state index in [-0.39, 0.29) is 0 Å². The molecule has 3 nitrogen and oxygen atoms in total. The van der Waals surface area contributed by atoms with Crippen molar-refractivity contribution >= 4 is 16.5 Å². The van der Waals surface area contributed by atoms with Gasteiger partial charge in [0.25, 0.3) is 6.43 Å². The number of nitrogens with zero attached hydrogens (tertiary/aromatic N) is 2. The van der Waals surface area contributed by atoms with Gasteiger partial charge in [0.05, 0.1) is 6.04 Å². The van der Waals surface area contributed by atoms with E-state index >= 15 is 0 Å². The number of hydrogen-bond donors (Lipinski definition) is 1. The molecule has 12 heavy (non-hydrogen) atoms. The summed E-state index contributed by atoms with van der Waals surface area (Å²) in [5.41, 5.74) is 0. The van der Waals surface area contributed by atoms with E-state index in [2.05, 4.69) is 15.5 Å². The maximum absolute atomic E-state index is 12.0. The third-order valence-corrected chi connectivity index (χ3v) is 2.03. The molecular formula is C6H9F2N3S. The predicted octanol–water partition coefficient (Wildman–Crippen LogP) is 1.91. The topological polar surface area (TPSA) is 37.8 Å². The van der Waals surface area contributed by atoms with E-state index < -0.39 is 12.5 Å². The Labute approximate surface area is 72.8 Å². The van der Waals surface area contributed by atoms with Gasteiger partial charge in [-0.1, -0.05) is 11.3 Å². The number of rotatable bonds is 3. The Morgan fingerprint density at radius 1 is 1.42 bits per heavy atom. The van der Waals surface area contributed by atoms with Gasteiger partial charge in [-0.3, -0.25) is 0 Å². The summed E-state index contributed by atoms with van der Waals surface area (Å²) in [6.07, 6.45) is -2.38. The fourth-order valence-electron chi connectivity index (χ4n) is 0.613. The number of nitrogens with one attached hydrogen (secondary N) is 1. The van der Waals surface area contributed by atoms with Crippen LogP contribution in [-0.2, 0) is 0 Å². The van der Waals surface area contributed by atoms with Crippen LogP contribution in [0.25, 0.3) is 0 Å². The second-order valence-electron chi connectivity index (χ2n) is 2.39. The van der Waals surface area contributed by atoms with Gasteiger partial charge in [-0.15, -0.1) is 10.2 Å². The Morgan fingerprint density at radius 2 is 2.08 bits per heavy atom. The molecule has 68 valence electrons. The SMILES string of the molecule is Cc1nnc(NC(C)C(F)F)s1. The van der Waals surface area contributed by atoms with E-state index in [0.29, 0.717) is 5.13 Å². The average molecular weight is 193 g/mol. The van der Waals surface area contributed by atoms with Crippen LogP contribution in [0, 0.1) is 6.92 Å². The van der Waals surface area contributed by atoms with Crippen molar-refractivity contribution in [3.05, 3.63) is 5.01 Å². The molecule has 1 rings (SSSR count). The fraction of sp³-hybridized carbons (Fsp3) is 0.667. The third kappa shape index (κ3) is 2.37. The first-order valence-electron chi connectivity index (χ1n) is 3.44. The van der Waals surface area contributed by atoms with E-state index in [0.717, 1.165) is 5.01 Å². The van der Waals surface area contributed by atoms with Gasteiger partial charge in [0.2, 0.25) is 5.13 Å². The van der Waals surface area contributed by atoms with E-state index in [1.165, 1.54) is 18.3 Å². The molecule has 0 radical (unpaired) electrons. The van der Waals surface area contributed by atoms with Crippen LogP contribution in [0.15, 0.2) is 0 Å². The van der Waals surface area contributed by atoms with Crippen LogP contribution in [0.3, 0.4) is 0 Å². The van der Waals surface area contributed by atoms with Crippen LogP contribution in [-0.4, -0.2) is 22.7 Å². The molecule has 1 unspecified atom stereocenters. The van der Waals surface area contributed by atoms with Crippen molar-refractivity contribution in [3.63, 3.8) is 0 Å². The fourth-order valence-corrected chi connectivity index (χ4v) is 1.30. The van der Waals surface area contributed by atoms with E-state index in [1.807, 2.05) is 0 Å². The highest BCUT2D eigenvalue weighted by molar-refractivity contribution is 7.15. The largest absolute Gasteiger partial charge is 0.352 e. The number of aromatic nitrogens is 2. The van der Waals surface area contributed by atoms with Crippen LogP contribution < -0.4 is 5.32 Å². The van der Waals surface area contributed by atoms with Crippen LogP contribution in [0.1, 0.15) is 11.9 Å². The number of aryl methyl sites for hydroxylation is 1. The molecule has 1 aromatic rings. The quantitative estimate of drug-likeness (QED) is 0.796. The lowest BCUT2D eigenvalue weighted by atomic mass is 10.4. The van der Waals surface area contributed by atoms with Crippen LogP contribution >= 0.6 is 11.3 Å². The maximum Gasteiger partial charge on any atom is 0.258 e. The van der Waals surface area contributed by atoms with Gasteiger partial charge >= 0.3 is 0 Å². The summed E-state index contributed by atoms with van der Waals surface area (Å²) >= 11 is 1.27. The van der Waals surface area contributed by atoms with Crippen molar-refractivity contribution in [2.45, 2.75) is 26.3 Å². The number of hydrogen-bond acceptors (Lipinski definition) is 4. The first-order valence-corrected chi connectivity index (χ1v) is 4.26. The van der Waals surface area contributed by atoms with Crippen molar-refractivity contribution in [2.24, 2.45) is 0 Å². The first kappa shape index (κ1) is 9.31. The van der Waals surface area contributed by atoms with E-state index in [4.69, 9.17) is 0 Å². The standard InChI is InChI=1S/C6H9F2N3S/c1-3(5(7)8)9-6-11-10-4(2)12-6/h3,5H,1-2H3,(H,9,11). The summed E-state index contributed by atoms with van der Waals surface area (Å²) in [6, 6.07) is -0.877. The second kappa shape index (κ2) is 3.75. The lowest BCUT2D eigenvalue weighted by Gasteiger charge is -2.09. The smallest absolute Gasteiger partial charge is 0.258 e. The molecule has 0 aliphatic carbocycles. The molecule has 6 heteroatoms. The Bertz CT molecular complexity index is 251. The van der Waals surface area contributed by atoms with Crippen LogP contribution in [0.5, 0.6) is 0 Å². The molecule has 1 aromatic heterocycles. The monoisotopic (exact) mass is 193 g/mol. The highest BCUT2D eigenvalue weighted by Crippen LogP contribution is 2.16. The Hall–Kier alpha value is -0.780. The normalized spacial score (nSPS) is 13.4. The summed E-state index contributed by atoms with van der Waals surface area (Å²) in [7, 11) is 0. The van der Waals surface area contributed by atoms with E-state index in [1.54, 1.807) is 6.92 Å². The molecule has 0 aliphatic rings. The summed E-state index contributed by atoms with van der Waals surface area (Å²) in [6.45, 7) is 3.18. The molecule has 1 N–H and O–H groups in total. The Kier molecular flexibility index (Phi) is 2.91. The highest BCUT2D eigenvalue weighted by atomic mass is 32.1. The van der Waals surface area contributed by atoms with Gasteiger partial charge in [0.1, 0.15) is 5.01 Å². The summed E-state index contributed by atoms with van der Waals surface area (Å²) in [5.74, 6) is 0.